The minimum Gasteiger partial charge on any atom is -0.475 e. The molecule has 1 saturated heterocycles. The van der Waals surface area contributed by atoms with Crippen LogP contribution in [0.4, 0.5) is 13.2 Å². The molecule has 282 valence electrons. The monoisotopic (exact) mass is 816 g/mol. The van der Waals surface area contributed by atoms with E-state index in [1.165, 1.54) is 25.0 Å². The molecule has 10 nitrogen and oxygen atoms in total. The summed E-state index contributed by atoms with van der Waals surface area (Å²) in [5.74, 6) is -2.86. The van der Waals surface area contributed by atoms with Crippen LogP contribution in [0, 0.1) is 0 Å². The van der Waals surface area contributed by atoms with Crippen molar-refractivity contribution in [2.45, 2.75) is 43.3 Å². The SMILES string of the molecule is NS(=O)(=O)c1ccc(CCN(Cc2cccc(-c3cccc(C(=O)NCCN4CCCC4)c3)c2)C(=O)Cc2cccc(Br)c2)cc1.O=C(O)C(F)(F)F. The zero-order valence-corrected chi connectivity index (χ0v) is 31.1. The molecule has 4 N–H and O–H groups in total. The van der Waals surface area contributed by atoms with Crippen molar-refractivity contribution in [2.75, 3.05) is 32.7 Å². The Labute approximate surface area is 315 Å². The van der Waals surface area contributed by atoms with Crippen molar-refractivity contribution in [3.8, 4) is 11.1 Å². The van der Waals surface area contributed by atoms with Crippen molar-refractivity contribution in [1.29, 1.82) is 0 Å². The van der Waals surface area contributed by atoms with Crippen molar-refractivity contribution >= 4 is 43.7 Å². The van der Waals surface area contributed by atoms with E-state index >= 15 is 0 Å². The fraction of sp³-hybridized carbons (Fsp3) is 0.289. The molecule has 5 rings (SSSR count). The van der Waals surface area contributed by atoms with Crippen molar-refractivity contribution in [1.82, 2.24) is 15.1 Å². The van der Waals surface area contributed by atoms with Crippen LogP contribution in [-0.2, 0) is 39.0 Å². The summed E-state index contributed by atoms with van der Waals surface area (Å²) in [6.45, 7) is 4.53. The number of nitrogens with zero attached hydrogens (tertiary/aromatic N) is 2. The molecule has 53 heavy (non-hydrogen) atoms. The Morgan fingerprint density at radius 3 is 2.08 bits per heavy atom. The van der Waals surface area contributed by atoms with Gasteiger partial charge in [-0.15, -0.1) is 0 Å². The van der Waals surface area contributed by atoms with Gasteiger partial charge in [0.05, 0.1) is 11.3 Å². The number of aliphatic carboxylic acids is 1. The number of hydrogen-bond donors (Lipinski definition) is 3. The number of rotatable bonds is 13. The van der Waals surface area contributed by atoms with Gasteiger partial charge in [-0.05, 0) is 103 Å². The summed E-state index contributed by atoms with van der Waals surface area (Å²) in [6, 6.07) is 29.8. The van der Waals surface area contributed by atoms with E-state index in [4.69, 9.17) is 15.0 Å². The maximum Gasteiger partial charge on any atom is 0.490 e. The van der Waals surface area contributed by atoms with Crippen molar-refractivity contribution in [2.24, 2.45) is 5.14 Å². The Bertz CT molecular complexity index is 1990. The van der Waals surface area contributed by atoms with Crippen molar-refractivity contribution < 1.29 is 41.1 Å². The second-order valence-corrected chi connectivity index (χ2v) is 14.9. The largest absolute Gasteiger partial charge is 0.490 e. The van der Waals surface area contributed by atoms with E-state index in [0.717, 1.165) is 51.9 Å². The maximum atomic E-state index is 13.6. The number of sulfonamides is 1. The third-order valence-corrected chi connectivity index (χ3v) is 9.86. The molecule has 0 bridgehead atoms. The van der Waals surface area contributed by atoms with Gasteiger partial charge in [0.2, 0.25) is 15.9 Å². The molecule has 1 aliphatic heterocycles. The van der Waals surface area contributed by atoms with Crippen LogP contribution in [0.5, 0.6) is 0 Å². The number of carbonyl (C=O) groups excluding carboxylic acids is 2. The average molecular weight is 818 g/mol. The van der Waals surface area contributed by atoms with Crippen molar-refractivity contribution in [3.05, 3.63) is 124 Å². The van der Waals surface area contributed by atoms with Gasteiger partial charge in [-0.25, -0.2) is 18.4 Å². The zero-order chi connectivity index (χ0) is 38.6. The average Bonchev–Trinajstić information content (AvgIpc) is 3.63. The van der Waals surface area contributed by atoms with Crippen LogP contribution < -0.4 is 10.5 Å². The Morgan fingerprint density at radius 2 is 1.45 bits per heavy atom. The molecule has 0 radical (unpaired) electrons. The van der Waals surface area contributed by atoms with Gasteiger partial charge >= 0.3 is 12.1 Å². The van der Waals surface area contributed by atoms with Crippen LogP contribution in [0.15, 0.2) is 106 Å². The van der Waals surface area contributed by atoms with Crippen LogP contribution in [0.25, 0.3) is 11.1 Å². The van der Waals surface area contributed by atoms with Gasteiger partial charge in [0.25, 0.3) is 5.91 Å². The summed E-state index contributed by atoms with van der Waals surface area (Å²) in [6.07, 6.45) is -1.84. The molecular formula is C38H40BrF3N4O6S. The van der Waals surface area contributed by atoms with Crippen LogP contribution in [0.1, 0.15) is 39.9 Å². The molecule has 0 unspecified atom stereocenters. The number of carbonyl (C=O) groups is 3. The number of alkyl halides is 3. The van der Waals surface area contributed by atoms with Gasteiger partial charge in [-0.2, -0.15) is 13.2 Å². The molecular weight excluding hydrogens is 777 g/mol. The summed E-state index contributed by atoms with van der Waals surface area (Å²) in [4.78, 5) is 39.7. The van der Waals surface area contributed by atoms with E-state index in [1.807, 2.05) is 71.6 Å². The lowest BCUT2D eigenvalue weighted by atomic mass is 10.0. The highest BCUT2D eigenvalue weighted by Crippen LogP contribution is 2.23. The molecule has 4 aromatic carbocycles. The Hall–Kier alpha value is -4.57. The first-order valence-electron chi connectivity index (χ1n) is 16.7. The number of carboxylic acid groups (broad SMARTS) is 1. The normalized spacial score (nSPS) is 13.2. The predicted molar refractivity (Wildman–Crippen MR) is 198 cm³/mol. The summed E-state index contributed by atoms with van der Waals surface area (Å²) in [7, 11) is -3.78. The Morgan fingerprint density at radius 1 is 0.849 bits per heavy atom. The van der Waals surface area contributed by atoms with Crippen molar-refractivity contribution in [3.63, 3.8) is 0 Å². The quantitative estimate of drug-likeness (QED) is 0.149. The van der Waals surface area contributed by atoms with E-state index < -0.39 is 22.2 Å². The topological polar surface area (TPSA) is 150 Å². The number of amides is 2. The van der Waals surface area contributed by atoms with Gasteiger partial charge in [0.15, 0.2) is 0 Å². The number of nitrogens with two attached hydrogens (primary N) is 1. The number of nitrogens with one attached hydrogen (secondary N) is 1. The van der Waals surface area contributed by atoms with E-state index in [0.29, 0.717) is 31.6 Å². The molecule has 0 atom stereocenters. The fourth-order valence-corrected chi connectivity index (χ4v) is 6.64. The maximum absolute atomic E-state index is 13.6. The molecule has 2 amide bonds. The van der Waals surface area contributed by atoms with Gasteiger partial charge in [0.1, 0.15) is 0 Å². The number of benzene rings is 4. The molecule has 1 fully saturated rings. The predicted octanol–water partition coefficient (Wildman–Crippen LogP) is 6.04. The van der Waals surface area contributed by atoms with Crippen LogP contribution in [-0.4, -0.2) is 80.0 Å². The van der Waals surface area contributed by atoms with E-state index in [-0.39, 0.29) is 23.1 Å². The second-order valence-electron chi connectivity index (χ2n) is 12.4. The van der Waals surface area contributed by atoms with E-state index in [9.17, 15) is 31.2 Å². The first-order valence-corrected chi connectivity index (χ1v) is 19.1. The molecule has 1 heterocycles. The summed E-state index contributed by atoms with van der Waals surface area (Å²) in [5, 5.41) is 15.4. The third kappa shape index (κ3) is 13.4. The second kappa shape index (κ2) is 19.0. The van der Waals surface area contributed by atoms with Gasteiger partial charge in [-0.1, -0.05) is 70.5 Å². The molecule has 0 spiro atoms. The Balaban J connectivity index is 0.000000815. The lowest BCUT2D eigenvalue weighted by molar-refractivity contribution is -0.192. The highest BCUT2D eigenvalue weighted by atomic mass is 79.9. The Kier molecular flexibility index (Phi) is 14.7. The molecule has 1 aliphatic rings. The molecule has 0 saturated carbocycles. The lowest BCUT2D eigenvalue weighted by Gasteiger charge is -2.24. The van der Waals surface area contributed by atoms with Gasteiger partial charge in [-0.3, -0.25) is 9.59 Å². The minimum atomic E-state index is -5.08. The minimum absolute atomic E-state index is 0.0164. The van der Waals surface area contributed by atoms with Gasteiger partial charge in [0, 0.05) is 36.2 Å². The van der Waals surface area contributed by atoms with Crippen LogP contribution >= 0.6 is 15.9 Å². The highest BCUT2D eigenvalue weighted by molar-refractivity contribution is 9.10. The molecule has 15 heteroatoms. The van der Waals surface area contributed by atoms with Crippen LogP contribution in [0.2, 0.25) is 0 Å². The molecule has 0 aliphatic carbocycles. The standard InChI is InChI=1S/C36H39BrN4O4S.C2HF3O2/c37-33-11-4-6-28(23-33)24-35(42)41(20-16-27-12-14-34(15-13-27)46(38,44)45)26-29-7-3-8-30(22-29)31-9-5-10-32(25-31)36(43)39-17-21-40-18-1-2-19-40;3-2(4,5)1(6)7/h3-15,22-23,25H,1-2,16-21,24,26H2,(H,39,43)(H2,38,44,45);(H,6,7). The van der Waals surface area contributed by atoms with E-state index in [1.54, 1.807) is 12.1 Å². The van der Waals surface area contributed by atoms with Gasteiger partial charge < -0.3 is 20.2 Å². The smallest absolute Gasteiger partial charge is 0.475 e. The fourth-order valence-electron chi connectivity index (χ4n) is 5.68. The number of carboxylic acids is 1. The summed E-state index contributed by atoms with van der Waals surface area (Å²) < 4.78 is 56.0. The number of likely N-dealkylation sites (tertiary alicyclic amines) is 1. The summed E-state index contributed by atoms with van der Waals surface area (Å²) in [5.41, 5.74) is 5.27. The number of halogens is 4. The first-order chi connectivity index (χ1) is 25.1. The third-order valence-electron chi connectivity index (χ3n) is 8.43. The molecule has 0 aromatic heterocycles. The summed E-state index contributed by atoms with van der Waals surface area (Å²) >= 11 is 3.49. The molecule has 4 aromatic rings. The lowest BCUT2D eigenvalue weighted by Crippen LogP contribution is -2.33. The number of hydrogen-bond acceptors (Lipinski definition) is 6. The van der Waals surface area contributed by atoms with Crippen LogP contribution in [0.3, 0.4) is 0 Å². The highest BCUT2D eigenvalue weighted by Gasteiger charge is 2.38. The van der Waals surface area contributed by atoms with E-state index in [2.05, 4.69) is 32.2 Å². The zero-order valence-electron chi connectivity index (χ0n) is 28.7. The number of primary sulfonamides is 1. The first kappa shape index (κ1) is 41.2.